The summed E-state index contributed by atoms with van der Waals surface area (Å²) in [7, 11) is 0. The molecule has 0 saturated carbocycles. The van der Waals surface area contributed by atoms with Crippen molar-refractivity contribution in [2.24, 2.45) is 5.73 Å². The van der Waals surface area contributed by atoms with Crippen molar-refractivity contribution in [1.29, 1.82) is 0 Å². The minimum atomic E-state index is -0.426. The highest BCUT2D eigenvalue weighted by molar-refractivity contribution is 6.36. The van der Waals surface area contributed by atoms with E-state index in [0.717, 1.165) is 5.56 Å². The fourth-order valence-corrected chi connectivity index (χ4v) is 1.28. The Hall–Kier alpha value is -0.770. The Morgan fingerprint density at radius 3 is 2.81 bits per heavy atom. The Kier molecular flexibility index (Phi) is 5.60. The van der Waals surface area contributed by atoms with E-state index in [1.165, 1.54) is 11.6 Å². The summed E-state index contributed by atoms with van der Waals surface area (Å²) in [6.45, 7) is 0.540. The summed E-state index contributed by atoms with van der Waals surface area (Å²) in [5.41, 5.74) is 7.39. The zero-order chi connectivity index (χ0) is 12.0. The van der Waals surface area contributed by atoms with E-state index in [1.54, 1.807) is 12.1 Å². The van der Waals surface area contributed by atoms with E-state index in [4.69, 9.17) is 33.7 Å². The maximum atomic E-state index is 13.5. The first kappa shape index (κ1) is 13.3. The van der Waals surface area contributed by atoms with Crippen molar-refractivity contribution < 1.29 is 9.13 Å². The monoisotopic (exact) mass is 263 g/mol. The van der Waals surface area contributed by atoms with E-state index >= 15 is 0 Å². The molecule has 5 heteroatoms. The molecular formula is C11H12Cl2FNO. The molecule has 88 valence electrons. The molecule has 16 heavy (non-hydrogen) atoms. The van der Waals surface area contributed by atoms with Gasteiger partial charge in [0, 0.05) is 5.54 Å². The van der Waals surface area contributed by atoms with Crippen LogP contribution in [0.15, 0.2) is 28.8 Å². The van der Waals surface area contributed by atoms with Crippen LogP contribution in [0.4, 0.5) is 4.39 Å². The second-order valence-electron chi connectivity index (χ2n) is 3.15. The van der Waals surface area contributed by atoms with Crippen molar-refractivity contribution in [1.82, 2.24) is 0 Å². The van der Waals surface area contributed by atoms with Crippen LogP contribution in [-0.2, 0) is 6.42 Å². The number of hydrogen-bond acceptors (Lipinski definition) is 2. The lowest BCUT2D eigenvalue weighted by Crippen LogP contribution is -2.04. The molecular weight excluding hydrogens is 252 g/mol. The molecule has 0 aromatic heterocycles. The summed E-state index contributed by atoms with van der Waals surface area (Å²) in [6.07, 6.45) is 0.638. The number of ether oxygens (including phenoxy) is 1. The minimum Gasteiger partial charge on any atom is -0.485 e. The van der Waals surface area contributed by atoms with Crippen molar-refractivity contribution in [3.05, 3.63) is 40.1 Å². The van der Waals surface area contributed by atoms with Crippen molar-refractivity contribution in [2.45, 2.75) is 6.42 Å². The third kappa shape index (κ3) is 4.00. The molecule has 0 amide bonds. The highest BCUT2D eigenvalue weighted by Gasteiger charge is 2.05. The van der Waals surface area contributed by atoms with Crippen LogP contribution in [0.1, 0.15) is 5.56 Å². The third-order valence-corrected chi connectivity index (χ3v) is 2.51. The Morgan fingerprint density at radius 1 is 1.50 bits per heavy atom. The highest BCUT2D eigenvalue weighted by Crippen LogP contribution is 2.19. The first-order chi connectivity index (χ1) is 7.67. The van der Waals surface area contributed by atoms with E-state index in [9.17, 15) is 4.39 Å². The molecule has 0 bridgehead atoms. The Morgan fingerprint density at radius 2 is 2.25 bits per heavy atom. The molecule has 1 aromatic rings. The first-order valence-electron chi connectivity index (χ1n) is 4.73. The van der Waals surface area contributed by atoms with Crippen LogP contribution in [0, 0.1) is 5.82 Å². The topological polar surface area (TPSA) is 35.2 Å². The normalized spacial score (nSPS) is 11.6. The van der Waals surface area contributed by atoms with Crippen LogP contribution >= 0.6 is 23.2 Å². The van der Waals surface area contributed by atoms with Gasteiger partial charge in [0.25, 0.3) is 0 Å². The van der Waals surface area contributed by atoms with Gasteiger partial charge >= 0.3 is 0 Å². The van der Waals surface area contributed by atoms with Gasteiger partial charge in [-0.05, 0) is 30.7 Å². The Labute approximate surface area is 104 Å². The Balaban J connectivity index is 2.67. The number of benzene rings is 1. The molecule has 0 aliphatic rings. The maximum Gasteiger partial charge on any atom is 0.165 e. The average molecular weight is 264 g/mol. The molecule has 0 atom stereocenters. The fraction of sp³-hybridized carbons (Fsp3) is 0.273. The second kappa shape index (κ2) is 6.74. The van der Waals surface area contributed by atoms with Crippen molar-refractivity contribution in [3.8, 4) is 5.75 Å². The van der Waals surface area contributed by atoms with Crippen LogP contribution in [-0.4, -0.2) is 13.2 Å². The van der Waals surface area contributed by atoms with Crippen molar-refractivity contribution >= 4 is 23.2 Å². The van der Waals surface area contributed by atoms with Gasteiger partial charge in [-0.15, -0.1) is 0 Å². The summed E-state index contributed by atoms with van der Waals surface area (Å²) in [5, 5.41) is 0.312. The molecule has 0 saturated heterocycles. The molecule has 1 aromatic carbocycles. The summed E-state index contributed by atoms with van der Waals surface area (Å²) >= 11 is 11.0. The van der Waals surface area contributed by atoms with Crippen LogP contribution in [0.5, 0.6) is 5.75 Å². The number of rotatable bonds is 5. The summed E-state index contributed by atoms with van der Waals surface area (Å²) < 4.78 is 18.6. The Bertz CT molecular complexity index is 382. The van der Waals surface area contributed by atoms with Gasteiger partial charge in [-0.25, -0.2) is 4.39 Å². The molecule has 0 unspecified atom stereocenters. The number of hydrogen-bond donors (Lipinski definition) is 1. The zero-order valence-electron chi connectivity index (χ0n) is 8.55. The fourth-order valence-electron chi connectivity index (χ4n) is 1.16. The predicted octanol–water partition coefficient (Wildman–Crippen LogP) is 3.02. The van der Waals surface area contributed by atoms with Gasteiger partial charge in [0.15, 0.2) is 11.6 Å². The van der Waals surface area contributed by atoms with E-state index in [1.807, 2.05) is 0 Å². The van der Waals surface area contributed by atoms with Crippen LogP contribution in [0.25, 0.3) is 0 Å². The number of halogens is 3. The molecule has 2 N–H and O–H groups in total. The smallest absolute Gasteiger partial charge is 0.165 e. The molecule has 0 aliphatic heterocycles. The van der Waals surface area contributed by atoms with Gasteiger partial charge in [-0.3, -0.25) is 0 Å². The van der Waals surface area contributed by atoms with Gasteiger partial charge in [0.2, 0.25) is 0 Å². The largest absolute Gasteiger partial charge is 0.485 e. The predicted molar refractivity (Wildman–Crippen MR) is 64.4 cm³/mol. The number of nitrogens with two attached hydrogens (primary N) is 1. The maximum absolute atomic E-state index is 13.5. The lowest BCUT2D eigenvalue weighted by Gasteiger charge is -2.07. The van der Waals surface area contributed by atoms with Crippen molar-refractivity contribution in [3.63, 3.8) is 0 Å². The van der Waals surface area contributed by atoms with Gasteiger partial charge in [-0.2, -0.15) is 0 Å². The second-order valence-corrected chi connectivity index (χ2v) is 3.85. The molecule has 0 heterocycles. The lowest BCUT2D eigenvalue weighted by atomic mass is 10.1. The van der Waals surface area contributed by atoms with Gasteiger partial charge in [-0.1, -0.05) is 29.3 Å². The quantitative estimate of drug-likeness (QED) is 0.887. The van der Waals surface area contributed by atoms with Gasteiger partial charge < -0.3 is 10.5 Å². The van der Waals surface area contributed by atoms with E-state index < -0.39 is 5.82 Å². The van der Waals surface area contributed by atoms with E-state index in [0.29, 0.717) is 18.0 Å². The SMILES string of the molecule is NCCc1ccc(OC/C(Cl)=C/Cl)c(F)c1. The molecule has 0 spiro atoms. The minimum absolute atomic E-state index is 0.0538. The third-order valence-electron chi connectivity index (χ3n) is 1.91. The van der Waals surface area contributed by atoms with E-state index in [-0.39, 0.29) is 12.4 Å². The molecule has 0 radical (unpaired) electrons. The summed E-state index contributed by atoms with van der Waals surface area (Å²) in [6, 6.07) is 4.73. The molecule has 2 nitrogen and oxygen atoms in total. The van der Waals surface area contributed by atoms with Crippen LogP contribution in [0.2, 0.25) is 0 Å². The molecule has 0 aliphatic carbocycles. The molecule has 0 fully saturated rings. The molecule has 1 rings (SSSR count). The first-order valence-corrected chi connectivity index (χ1v) is 5.55. The lowest BCUT2D eigenvalue weighted by molar-refractivity contribution is 0.338. The summed E-state index contributed by atoms with van der Waals surface area (Å²) in [5.74, 6) is -0.276. The zero-order valence-corrected chi connectivity index (χ0v) is 10.1. The highest BCUT2D eigenvalue weighted by atomic mass is 35.5. The average Bonchev–Trinajstić information content (AvgIpc) is 2.28. The van der Waals surface area contributed by atoms with Crippen LogP contribution < -0.4 is 10.5 Å². The van der Waals surface area contributed by atoms with Crippen molar-refractivity contribution in [2.75, 3.05) is 13.2 Å². The van der Waals surface area contributed by atoms with E-state index in [2.05, 4.69) is 0 Å². The summed E-state index contributed by atoms with van der Waals surface area (Å²) in [4.78, 5) is 0. The van der Waals surface area contributed by atoms with Gasteiger partial charge in [0.1, 0.15) is 6.61 Å². The van der Waals surface area contributed by atoms with Crippen LogP contribution in [0.3, 0.4) is 0 Å². The standard InChI is InChI=1S/C11H12Cl2FNO/c12-6-9(13)7-16-11-2-1-8(3-4-15)5-10(11)14/h1-2,5-6H,3-4,7,15H2/b9-6-. The van der Waals surface area contributed by atoms with Gasteiger partial charge in [0.05, 0.1) is 5.03 Å².